The van der Waals surface area contributed by atoms with E-state index < -0.39 is 10.0 Å². The maximum Gasteiger partial charge on any atom is 0.253 e. The summed E-state index contributed by atoms with van der Waals surface area (Å²) in [6.45, 7) is 2.64. The average molecular weight is 530 g/mol. The first-order valence-electron chi connectivity index (χ1n) is 10.7. The van der Waals surface area contributed by atoms with Gasteiger partial charge in [-0.05, 0) is 55.5 Å². The van der Waals surface area contributed by atoms with E-state index in [4.69, 9.17) is 27.9 Å². The Morgan fingerprint density at radius 1 is 0.943 bits per heavy atom. The molecule has 0 saturated carbocycles. The number of carbonyl (C=O) groups is 1. The van der Waals surface area contributed by atoms with E-state index >= 15 is 0 Å². The van der Waals surface area contributed by atoms with Crippen LogP contribution in [0.5, 0.6) is 11.5 Å². The first-order valence-corrected chi connectivity index (χ1v) is 12.9. The molecule has 1 fully saturated rings. The Balaban J connectivity index is 1.57. The molecule has 3 aromatic rings. The van der Waals surface area contributed by atoms with Gasteiger partial charge in [-0.1, -0.05) is 40.9 Å². The van der Waals surface area contributed by atoms with Crippen molar-refractivity contribution in [2.24, 2.45) is 0 Å². The number of carbonyl (C=O) groups excluding carboxylic acids is 1. The molecule has 0 aromatic heterocycles. The third-order valence-corrected chi connectivity index (χ3v) is 7.94. The highest BCUT2D eigenvalue weighted by atomic mass is 35.5. The molecule has 1 amide bonds. The van der Waals surface area contributed by atoms with Crippen molar-refractivity contribution in [3.05, 3.63) is 87.4 Å². The van der Waals surface area contributed by atoms with Crippen molar-refractivity contribution >= 4 is 39.1 Å². The summed E-state index contributed by atoms with van der Waals surface area (Å²) in [5.74, 6) is 0.160. The number of nitriles is 1. The van der Waals surface area contributed by atoms with E-state index in [0.717, 1.165) is 5.56 Å². The van der Waals surface area contributed by atoms with Gasteiger partial charge in [-0.3, -0.25) is 4.79 Å². The van der Waals surface area contributed by atoms with Crippen LogP contribution in [0.25, 0.3) is 0 Å². The number of hydrogen-bond donors (Lipinski definition) is 0. The molecule has 0 N–H and O–H groups in total. The van der Waals surface area contributed by atoms with Crippen molar-refractivity contribution in [1.82, 2.24) is 9.21 Å². The van der Waals surface area contributed by atoms with Gasteiger partial charge in [0.15, 0.2) is 0 Å². The largest absolute Gasteiger partial charge is 0.456 e. The highest BCUT2D eigenvalue weighted by molar-refractivity contribution is 7.89. The summed E-state index contributed by atoms with van der Waals surface area (Å²) in [6.07, 6.45) is 0. The maximum atomic E-state index is 13.6. The Labute approximate surface area is 214 Å². The SMILES string of the molecule is Cc1ccc(C(=O)N2CCN(S(=O)(=O)c3cc(C#N)ccc3Oc3cc(Cl)cc(Cl)c3)CC2)cc1. The quantitative estimate of drug-likeness (QED) is 0.457. The summed E-state index contributed by atoms with van der Waals surface area (Å²) in [5, 5.41) is 10.0. The summed E-state index contributed by atoms with van der Waals surface area (Å²) in [6, 6.07) is 18.0. The average Bonchev–Trinajstić information content (AvgIpc) is 2.83. The molecule has 4 rings (SSSR count). The standard InChI is InChI=1S/C25H21Cl2N3O4S/c1-17-2-5-19(6-3-17)25(31)29-8-10-30(11-9-29)35(32,33)24-12-18(16-28)4-7-23(24)34-22-14-20(26)13-21(27)15-22/h2-7,12-15H,8-11H2,1H3. The highest BCUT2D eigenvalue weighted by Crippen LogP contribution is 2.34. The predicted octanol–water partition coefficient (Wildman–Crippen LogP) is 5.11. The minimum absolute atomic E-state index is 0.0421. The topological polar surface area (TPSA) is 90.7 Å². The number of piperazine rings is 1. The molecule has 0 unspecified atom stereocenters. The molecule has 0 spiro atoms. The summed E-state index contributed by atoms with van der Waals surface area (Å²) < 4.78 is 34.2. The molecule has 1 aliphatic heterocycles. The monoisotopic (exact) mass is 529 g/mol. The fraction of sp³-hybridized carbons (Fsp3) is 0.200. The zero-order valence-corrected chi connectivity index (χ0v) is 21.1. The third-order valence-electron chi connectivity index (χ3n) is 5.58. The van der Waals surface area contributed by atoms with Crippen LogP contribution in [-0.4, -0.2) is 49.7 Å². The summed E-state index contributed by atoms with van der Waals surface area (Å²) >= 11 is 12.1. The lowest BCUT2D eigenvalue weighted by Gasteiger charge is -2.34. The van der Waals surface area contributed by atoms with Gasteiger partial charge in [0, 0.05) is 41.8 Å². The molecule has 0 atom stereocenters. The number of halogens is 2. The predicted molar refractivity (Wildman–Crippen MR) is 134 cm³/mol. The van der Waals surface area contributed by atoms with Gasteiger partial charge >= 0.3 is 0 Å². The summed E-state index contributed by atoms with van der Waals surface area (Å²) in [5.41, 5.74) is 1.79. The molecule has 180 valence electrons. The number of nitrogens with zero attached hydrogens (tertiary/aromatic N) is 3. The zero-order valence-electron chi connectivity index (χ0n) is 18.7. The van der Waals surface area contributed by atoms with Gasteiger partial charge in [0.25, 0.3) is 5.91 Å². The van der Waals surface area contributed by atoms with Crippen molar-refractivity contribution in [1.29, 1.82) is 5.26 Å². The molecule has 1 heterocycles. The van der Waals surface area contributed by atoms with Gasteiger partial charge in [-0.25, -0.2) is 8.42 Å². The Morgan fingerprint density at radius 3 is 2.17 bits per heavy atom. The van der Waals surface area contributed by atoms with E-state index in [2.05, 4.69) is 0 Å². The van der Waals surface area contributed by atoms with Crippen LogP contribution in [0.3, 0.4) is 0 Å². The van der Waals surface area contributed by atoms with Crippen LogP contribution in [0.4, 0.5) is 0 Å². The van der Waals surface area contributed by atoms with Crippen molar-refractivity contribution in [3.8, 4) is 17.6 Å². The smallest absolute Gasteiger partial charge is 0.253 e. The second-order valence-electron chi connectivity index (χ2n) is 8.04. The highest BCUT2D eigenvalue weighted by Gasteiger charge is 2.33. The van der Waals surface area contributed by atoms with Crippen LogP contribution in [-0.2, 0) is 10.0 Å². The summed E-state index contributed by atoms with van der Waals surface area (Å²) in [7, 11) is -4.03. The van der Waals surface area contributed by atoms with Gasteiger partial charge in [-0.15, -0.1) is 0 Å². The van der Waals surface area contributed by atoms with E-state index in [1.807, 2.05) is 25.1 Å². The minimum Gasteiger partial charge on any atom is -0.456 e. The number of benzene rings is 3. The second-order valence-corrected chi connectivity index (χ2v) is 10.8. The van der Waals surface area contributed by atoms with Crippen molar-refractivity contribution in [3.63, 3.8) is 0 Å². The fourth-order valence-electron chi connectivity index (χ4n) is 3.73. The third kappa shape index (κ3) is 5.60. The normalized spacial score (nSPS) is 14.4. The first-order chi connectivity index (χ1) is 16.7. The number of sulfonamides is 1. The van der Waals surface area contributed by atoms with Crippen LogP contribution in [0, 0.1) is 18.3 Å². The molecule has 3 aromatic carbocycles. The minimum atomic E-state index is -4.03. The molecule has 1 saturated heterocycles. The molecular formula is C25H21Cl2N3O4S. The molecular weight excluding hydrogens is 509 g/mol. The van der Waals surface area contributed by atoms with Crippen molar-refractivity contribution in [2.45, 2.75) is 11.8 Å². The van der Waals surface area contributed by atoms with Crippen LogP contribution in [0.2, 0.25) is 10.0 Å². The summed E-state index contributed by atoms with van der Waals surface area (Å²) in [4.78, 5) is 14.3. The molecule has 0 bridgehead atoms. The molecule has 1 aliphatic rings. The first kappa shape index (κ1) is 25.0. The molecule has 10 heteroatoms. The van der Waals surface area contributed by atoms with Crippen molar-refractivity contribution < 1.29 is 17.9 Å². The molecule has 35 heavy (non-hydrogen) atoms. The Hall–Kier alpha value is -3.09. The Kier molecular flexibility index (Phi) is 7.33. The van der Waals surface area contributed by atoms with Crippen LogP contribution >= 0.6 is 23.2 Å². The van der Waals surface area contributed by atoms with Crippen LogP contribution in [0.1, 0.15) is 21.5 Å². The van der Waals surface area contributed by atoms with Crippen LogP contribution in [0.15, 0.2) is 65.6 Å². The van der Waals surface area contributed by atoms with Crippen LogP contribution < -0.4 is 4.74 Å². The van der Waals surface area contributed by atoms with E-state index in [-0.39, 0.29) is 54.0 Å². The molecule has 7 nitrogen and oxygen atoms in total. The fourth-order valence-corrected chi connectivity index (χ4v) is 5.80. The van der Waals surface area contributed by atoms with Gasteiger partial charge in [0.2, 0.25) is 10.0 Å². The second kappa shape index (κ2) is 10.3. The lowest BCUT2D eigenvalue weighted by molar-refractivity contribution is 0.0698. The Morgan fingerprint density at radius 2 is 1.57 bits per heavy atom. The number of hydrogen-bond acceptors (Lipinski definition) is 5. The van der Waals surface area contributed by atoms with Gasteiger partial charge < -0.3 is 9.64 Å². The van der Waals surface area contributed by atoms with Gasteiger partial charge in [0.1, 0.15) is 16.4 Å². The Bertz CT molecular complexity index is 1390. The molecule has 0 radical (unpaired) electrons. The van der Waals surface area contributed by atoms with E-state index in [1.165, 1.54) is 40.7 Å². The van der Waals surface area contributed by atoms with Crippen molar-refractivity contribution in [2.75, 3.05) is 26.2 Å². The lowest BCUT2D eigenvalue weighted by Crippen LogP contribution is -2.50. The number of rotatable bonds is 5. The zero-order chi connectivity index (χ0) is 25.2. The van der Waals surface area contributed by atoms with Gasteiger partial charge in [-0.2, -0.15) is 9.57 Å². The number of ether oxygens (including phenoxy) is 1. The number of amides is 1. The molecule has 0 aliphatic carbocycles. The van der Waals surface area contributed by atoms with E-state index in [9.17, 15) is 18.5 Å². The van der Waals surface area contributed by atoms with Gasteiger partial charge in [0.05, 0.1) is 11.6 Å². The maximum absolute atomic E-state index is 13.6. The number of aryl methyl sites for hydroxylation is 1. The lowest BCUT2D eigenvalue weighted by atomic mass is 10.1. The van der Waals surface area contributed by atoms with E-state index in [1.54, 1.807) is 17.0 Å². The van der Waals surface area contributed by atoms with E-state index in [0.29, 0.717) is 15.6 Å².